The van der Waals surface area contributed by atoms with Crippen molar-refractivity contribution >= 4 is 17.5 Å². The lowest BCUT2D eigenvalue weighted by molar-refractivity contribution is 0.0922. The fourth-order valence-electron chi connectivity index (χ4n) is 0.940. The highest BCUT2D eigenvalue weighted by atomic mass is 35.5. The molecule has 2 aromatic rings. The van der Waals surface area contributed by atoms with Crippen LogP contribution in [0.15, 0.2) is 16.5 Å². The molecule has 2 rings (SSSR count). The molecule has 2 heterocycles. The van der Waals surface area contributed by atoms with E-state index in [1.165, 1.54) is 12.1 Å². The topological polar surface area (TPSA) is 96.7 Å². The van der Waals surface area contributed by atoms with Crippen LogP contribution in [-0.2, 0) is 6.54 Å². The molecule has 8 heteroatoms. The molecule has 0 radical (unpaired) electrons. The van der Waals surface area contributed by atoms with Gasteiger partial charge in [0, 0.05) is 0 Å². The molecule has 7 nitrogen and oxygen atoms in total. The first-order valence-corrected chi connectivity index (χ1v) is 4.39. The highest BCUT2D eigenvalue weighted by molar-refractivity contribution is 6.29. The minimum atomic E-state index is -0.383. The zero-order chi connectivity index (χ0) is 10.7. The van der Waals surface area contributed by atoms with Gasteiger partial charge in [-0.15, -0.1) is 10.2 Å². The summed E-state index contributed by atoms with van der Waals surface area (Å²) in [6.45, 7) is 0.174. The number of aromatic amines is 1. The van der Waals surface area contributed by atoms with Crippen molar-refractivity contribution < 1.29 is 9.21 Å². The largest absolute Gasteiger partial charge is 0.440 e. The van der Waals surface area contributed by atoms with Crippen molar-refractivity contribution in [2.75, 3.05) is 0 Å². The summed E-state index contributed by atoms with van der Waals surface area (Å²) in [5.41, 5.74) is 0. The van der Waals surface area contributed by atoms with Gasteiger partial charge in [0.15, 0.2) is 16.8 Å². The third-order valence-electron chi connectivity index (χ3n) is 1.59. The Kier molecular flexibility index (Phi) is 2.64. The molecule has 2 aromatic heterocycles. The molecule has 0 aliphatic carbocycles. The van der Waals surface area contributed by atoms with Gasteiger partial charge < -0.3 is 9.73 Å². The first-order chi connectivity index (χ1) is 7.25. The number of tetrazole rings is 1. The lowest BCUT2D eigenvalue weighted by Gasteiger charge is -1.97. The van der Waals surface area contributed by atoms with Gasteiger partial charge in [-0.05, 0) is 23.7 Å². The predicted octanol–water partition coefficient (Wildman–Crippen LogP) is 0.376. The summed E-state index contributed by atoms with van der Waals surface area (Å²) in [5.74, 6) is 0.149. The summed E-state index contributed by atoms with van der Waals surface area (Å²) < 4.78 is 4.90. The molecule has 0 fully saturated rings. The molecule has 0 unspecified atom stereocenters. The van der Waals surface area contributed by atoms with E-state index in [1.54, 1.807) is 0 Å². The Morgan fingerprint density at radius 3 is 3.07 bits per heavy atom. The SMILES string of the molecule is O=C(NCc1nn[nH]n1)c1ccc(Cl)o1. The molecule has 0 aromatic carbocycles. The Hall–Kier alpha value is -1.89. The third-order valence-corrected chi connectivity index (χ3v) is 1.80. The fourth-order valence-corrected chi connectivity index (χ4v) is 1.09. The number of nitrogens with zero attached hydrogens (tertiary/aromatic N) is 3. The second-order valence-electron chi connectivity index (χ2n) is 2.61. The standard InChI is InChI=1S/C7H6ClN5O2/c8-5-2-1-4(15-5)7(14)9-3-6-10-12-13-11-6/h1-2H,3H2,(H,9,14)(H,10,11,12,13). The Balaban J connectivity index is 1.93. The van der Waals surface area contributed by atoms with Crippen LogP contribution < -0.4 is 5.32 Å². The molecule has 78 valence electrons. The van der Waals surface area contributed by atoms with Gasteiger partial charge in [0.2, 0.25) is 0 Å². The second-order valence-corrected chi connectivity index (χ2v) is 2.99. The van der Waals surface area contributed by atoms with E-state index in [-0.39, 0.29) is 23.4 Å². The van der Waals surface area contributed by atoms with Gasteiger partial charge in [0.05, 0.1) is 6.54 Å². The number of carbonyl (C=O) groups is 1. The Bertz CT molecular complexity index is 452. The number of halogens is 1. The van der Waals surface area contributed by atoms with Gasteiger partial charge in [-0.1, -0.05) is 5.21 Å². The summed E-state index contributed by atoms with van der Waals surface area (Å²) in [4.78, 5) is 11.4. The molecule has 0 spiro atoms. The number of aromatic nitrogens is 4. The van der Waals surface area contributed by atoms with Crippen molar-refractivity contribution in [3.8, 4) is 0 Å². The molecule has 0 saturated heterocycles. The van der Waals surface area contributed by atoms with E-state index in [4.69, 9.17) is 16.0 Å². The van der Waals surface area contributed by atoms with Crippen molar-refractivity contribution in [1.82, 2.24) is 25.9 Å². The lowest BCUT2D eigenvalue weighted by Crippen LogP contribution is -2.22. The maximum atomic E-state index is 11.4. The highest BCUT2D eigenvalue weighted by Gasteiger charge is 2.10. The van der Waals surface area contributed by atoms with Gasteiger partial charge in [-0.25, -0.2) is 0 Å². The zero-order valence-electron chi connectivity index (χ0n) is 7.40. The van der Waals surface area contributed by atoms with E-state index < -0.39 is 0 Å². The molecular formula is C7H6ClN5O2. The van der Waals surface area contributed by atoms with E-state index in [0.29, 0.717) is 5.82 Å². The molecule has 2 N–H and O–H groups in total. The average molecular weight is 228 g/mol. The van der Waals surface area contributed by atoms with Gasteiger partial charge in [0.1, 0.15) is 0 Å². The summed E-state index contributed by atoms with van der Waals surface area (Å²) in [6.07, 6.45) is 0. The summed E-state index contributed by atoms with van der Waals surface area (Å²) in [6, 6.07) is 2.97. The van der Waals surface area contributed by atoms with E-state index in [2.05, 4.69) is 25.9 Å². The average Bonchev–Trinajstić information content (AvgIpc) is 2.84. The van der Waals surface area contributed by atoms with Crippen LogP contribution in [0.5, 0.6) is 0 Å². The normalized spacial score (nSPS) is 10.2. The third kappa shape index (κ3) is 2.32. The van der Waals surface area contributed by atoms with E-state index in [1.807, 2.05) is 0 Å². The van der Waals surface area contributed by atoms with Crippen LogP contribution in [0.25, 0.3) is 0 Å². The van der Waals surface area contributed by atoms with Crippen molar-refractivity contribution in [2.24, 2.45) is 0 Å². The smallest absolute Gasteiger partial charge is 0.287 e. The van der Waals surface area contributed by atoms with Crippen LogP contribution in [0.3, 0.4) is 0 Å². The second kappa shape index (κ2) is 4.09. The first kappa shape index (κ1) is 9.66. The number of nitrogens with one attached hydrogen (secondary N) is 2. The fraction of sp³-hybridized carbons (Fsp3) is 0.143. The maximum absolute atomic E-state index is 11.4. The monoisotopic (exact) mass is 227 g/mol. The van der Waals surface area contributed by atoms with Crippen molar-refractivity contribution in [1.29, 1.82) is 0 Å². The lowest BCUT2D eigenvalue weighted by atomic mass is 10.4. The van der Waals surface area contributed by atoms with Crippen molar-refractivity contribution in [3.63, 3.8) is 0 Å². The van der Waals surface area contributed by atoms with E-state index in [9.17, 15) is 4.79 Å². The van der Waals surface area contributed by atoms with Crippen LogP contribution in [0.2, 0.25) is 5.22 Å². The minimum Gasteiger partial charge on any atom is -0.440 e. The van der Waals surface area contributed by atoms with Crippen LogP contribution in [0, 0.1) is 0 Å². The van der Waals surface area contributed by atoms with Crippen molar-refractivity contribution in [2.45, 2.75) is 6.54 Å². The maximum Gasteiger partial charge on any atom is 0.287 e. The molecule has 1 amide bonds. The zero-order valence-corrected chi connectivity index (χ0v) is 8.15. The van der Waals surface area contributed by atoms with Crippen LogP contribution >= 0.6 is 11.6 Å². The minimum absolute atomic E-state index is 0.142. The number of hydrogen-bond acceptors (Lipinski definition) is 5. The van der Waals surface area contributed by atoms with Crippen LogP contribution in [0.4, 0.5) is 0 Å². The van der Waals surface area contributed by atoms with Gasteiger partial charge >= 0.3 is 0 Å². The van der Waals surface area contributed by atoms with Gasteiger partial charge in [0.25, 0.3) is 5.91 Å². The number of rotatable bonds is 3. The molecule has 0 aliphatic heterocycles. The Morgan fingerprint density at radius 2 is 2.47 bits per heavy atom. The summed E-state index contributed by atoms with van der Waals surface area (Å²) in [7, 11) is 0. The number of H-pyrrole nitrogens is 1. The van der Waals surface area contributed by atoms with Gasteiger partial charge in [-0.2, -0.15) is 5.21 Å². The molecule has 0 aliphatic rings. The quantitative estimate of drug-likeness (QED) is 0.790. The van der Waals surface area contributed by atoms with Crippen LogP contribution in [-0.4, -0.2) is 26.5 Å². The predicted molar refractivity (Wildman–Crippen MR) is 49.1 cm³/mol. The molecular weight excluding hydrogens is 222 g/mol. The first-order valence-electron chi connectivity index (χ1n) is 4.01. The number of hydrogen-bond donors (Lipinski definition) is 2. The summed E-state index contributed by atoms with van der Waals surface area (Å²) in [5, 5.41) is 15.7. The van der Waals surface area contributed by atoms with Crippen LogP contribution in [0.1, 0.15) is 16.4 Å². The highest BCUT2D eigenvalue weighted by Crippen LogP contribution is 2.12. The Labute approximate surface area is 88.8 Å². The number of furan rings is 1. The number of carbonyl (C=O) groups excluding carboxylic acids is 1. The molecule has 0 atom stereocenters. The van der Waals surface area contributed by atoms with Crippen molar-refractivity contribution in [3.05, 3.63) is 28.9 Å². The summed E-state index contributed by atoms with van der Waals surface area (Å²) >= 11 is 5.52. The molecule has 0 bridgehead atoms. The Morgan fingerprint density at radius 1 is 1.60 bits per heavy atom. The molecule has 0 saturated carbocycles. The van der Waals surface area contributed by atoms with E-state index >= 15 is 0 Å². The number of amides is 1. The van der Waals surface area contributed by atoms with Gasteiger partial charge in [-0.3, -0.25) is 4.79 Å². The molecule has 15 heavy (non-hydrogen) atoms. The van der Waals surface area contributed by atoms with E-state index in [0.717, 1.165) is 0 Å².